The quantitative estimate of drug-likeness (QED) is 0.681. The van der Waals surface area contributed by atoms with Crippen LogP contribution in [0.1, 0.15) is 6.42 Å². The Morgan fingerprint density at radius 2 is 1.69 bits per heavy atom. The van der Waals surface area contributed by atoms with Crippen molar-refractivity contribution in [3.05, 3.63) is 0 Å². The van der Waals surface area contributed by atoms with Crippen LogP contribution in [-0.4, -0.2) is 59.1 Å². The lowest BCUT2D eigenvalue weighted by Crippen LogP contribution is -2.55. The highest BCUT2D eigenvalue weighted by Gasteiger charge is 2.45. The van der Waals surface area contributed by atoms with Crippen LogP contribution in [0.15, 0.2) is 0 Å². The van der Waals surface area contributed by atoms with Crippen LogP contribution in [-0.2, 0) is 23.7 Å². The summed E-state index contributed by atoms with van der Waals surface area (Å²) in [5, 5.41) is 0. The van der Waals surface area contributed by atoms with Crippen LogP contribution in [0.4, 0.5) is 0 Å². The largest absolute Gasteiger partial charge is 0.384 e. The van der Waals surface area contributed by atoms with E-state index in [1.54, 1.807) is 21.3 Å². The molecule has 0 spiro atoms. The van der Waals surface area contributed by atoms with Gasteiger partial charge in [0.2, 0.25) is 0 Å². The van der Waals surface area contributed by atoms with E-state index in [1.807, 2.05) is 0 Å². The zero-order valence-corrected chi connectivity index (χ0v) is 10.3. The van der Waals surface area contributed by atoms with E-state index in [0.717, 1.165) is 0 Å². The molecule has 1 aliphatic rings. The van der Waals surface area contributed by atoms with Crippen molar-refractivity contribution in [2.45, 2.75) is 24.7 Å². The third kappa shape index (κ3) is 2.60. The Morgan fingerprint density at radius 3 is 2.12 bits per heavy atom. The number of hydrogen-bond donors (Lipinski definition) is 0. The zero-order valence-electron chi connectivity index (χ0n) is 10.3. The van der Waals surface area contributed by atoms with Gasteiger partial charge in [0.1, 0.15) is 12.2 Å². The molecule has 1 fully saturated rings. The van der Waals surface area contributed by atoms with Crippen molar-refractivity contribution in [3.63, 3.8) is 0 Å². The van der Waals surface area contributed by atoms with Crippen LogP contribution >= 0.6 is 0 Å². The first-order valence-corrected chi connectivity index (χ1v) is 5.29. The fraction of sp³-hybridized carbons (Fsp3) is 0.909. The SMILES string of the molecule is COC[C@H]1CC(=O)[C@H](OC)[C@@H](OC)[C@@H]1OC. The average Bonchev–Trinajstić information content (AvgIpc) is 2.28. The number of carbonyl (C=O) groups excluding carboxylic acids is 1. The highest BCUT2D eigenvalue weighted by Crippen LogP contribution is 2.28. The first kappa shape index (κ1) is 13.6. The number of ketones is 1. The van der Waals surface area contributed by atoms with Gasteiger partial charge in [-0.15, -0.1) is 0 Å². The molecule has 0 aromatic carbocycles. The molecule has 1 rings (SSSR count). The molecule has 0 heterocycles. The third-order valence-electron chi connectivity index (χ3n) is 3.05. The molecule has 1 aliphatic carbocycles. The maximum atomic E-state index is 11.8. The number of hydrogen-bond acceptors (Lipinski definition) is 5. The lowest BCUT2D eigenvalue weighted by molar-refractivity contribution is -0.172. The van der Waals surface area contributed by atoms with Gasteiger partial charge in [0.05, 0.1) is 12.7 Å². The van der Waals surface area contributed by atoms with Crippen molar-refractivity contribution in [1.82, 2.24) is 0 Å². The number of Topliss-reactive ketones (excluding diaryl/α,β-unsaturated/α-hetero) is 1. The summed E-state index contributed by atoms with van der Waals surface area (Å²) in [6.07, 6.45) is -0.669. The van der Waals surface area contributed by atoms with Gasteiger partial charge >= 0.3 is 0 Å². The monoisotopic (exact) mass is 232 g/mol. The Morgan fingerprint density at radius 1 is 1.06 bits per heavy atom. The maximum absolute atomic E-state index is 11.8. The minimum absolute atomic E-state index is 0.0267. The molecule has 16 heavy (non-hydrogen) atoms. The fourth-order valence-electron chi connectivity index (χ4n) is 2.33. The van der Waals surface area contributed by atoms with Gasteiger partial charge in [-0.05, 0) is 0 Å². The standard InChI is InChI=1S/C11H20O5/c1-13-6-7-5-8(12)10(15-3)11(16-4)9(7)14-2/h7,9-11H,5-6H2,1-4H3/t7-,9-,10+,11+/m1/s1. The summed E-state index contributed by atoms with van der Waals surface area (Å²) in [4.78, 5) is 11.8. The predicted octanol–water partition coefficient (Wildman–Crippen LogP) is 0.267. The first-order chi connectivity index (χ1) is 7.69. The van der Waals surface area contributed by atoms with Gasteiger partial charge in [-0.25, -0.2) is 0 Å². The molecule has 4 atom stereocenters. The second-order valence-corrected chi connectivity index (χ2v) is 3.94. The summed E-state index contributed by atoms with van der Waals surface area (Å²) in [7, 11) is 6.30. The summed E-state index contributed by atoms with van der Waals surface area (Å²) >= 11 is 0. The van der Waals surface area contributed by atoms with Crippen LogP contribution in [0, 0.1) is 5.92 Å². The number of ether oxygens (including phenoxy) is 4. The van der Waals surface area contributed by atoms with Gasteiger partial charge in [-0.2, -0.15) is 0 Å². The lowest BCUT2D eigenvalue weighted by Gasteiger charge is -2.39. The summed E-state index contributed by atoms with van der Waals surface area (Å²) in [5.74, 6) is 0.0727. The van der Waals surface area contributed by atoms with Crippen molar-refractivity contribution < 1.29 is 23.7 Å². The smallest absolute Gasteiger partial charge is 0.164 e. The Bertz CT molecular complexity index is 230. The van der Waals surface area contributed by atoms with Gasteiger partial charge in [0.15, 0.2) is 5.78 Å². The van der Waals surface area contributed by atoms with Crippen LogP contribution in [0.5, 0.6) is 0 Å². The summed E-state index contributed by atoms with van der Waals surface area (Å²) in [6.45, 7) is 0.487. The van der Waals surface area contributed by atoms with Gasteiger partial charge < -0.3 is 18.9 Å². The van der Waals surface area contributed by atoms with Crippen molar-refractivity contribution in [3.8, 4) is 0 Å². The van der Waals surface area contributed by atoms with E-state index in [2.05, 4.69) is 0 Å². The summed E-state index contributed by atoms with van der Waals surface area (Å²) in [5.41, 5.74) is 0. The molecule has 0 aromatic heterocycles. The van der Waals surface area contributed by atoms with Crippen LogP contribution in [0.25, 0.3) is 0 Å². The number of rotatable bonds is 5. The maximum Gasteiger partial charge on any atom is 0.164 e. The summed E-state index contributed by atoms with van der Waals surface area (Å²) in [6, 6.07) is 0. The van der Waals surface area contributed by atoms with Crippen LogP contribution in [0.2, 0.25) is 0 Å². The van der Waals surface area contributed by atoms with E-state index in [0.29, 0.717) is 13.0 Å². The molecule has 1 saturated carbocycles. The Balaban J connectivity index is 2.83. The Hall–Kier alpha value is -0.490. The fourth-order valence-corrected chi connectivity index (χ4v) is 2.33. The molecule has 0 amide bonds. The molecule has 0 unspecified atom stereocenters. The van der Waals surface area contributed by atoms with E-state index in [1.165, 1.54) is 7.11 Å². The molecule has 0 aromatic rings. The molecular formula is C11H20O5. The molecule has 94 valence electrons. The normalized spacial score (nSPS) is 35.4. The number of carbonyl (C=O) groups is 1. The van der Waals surface area contributed by atoms with Gasteiger partial charge in [-0.3, -0.25) is 4.79 Å². The average molecular weight is 232 g/mol. The second kappa shape index (κ2) is 6.30. The lowest BCUT2D eigenvalue weighted by atomic mass is 9.82. The molecule has 0 saturated heterocycles. The van der Waals surface area contributed by atoms with Gasteiger partial charge in [0, 0.05) is 40.8 Å². The summed E-state index contributed by atoms with van der Waals surface area (Å²) < 4.78 is 21.0. The van der Waals surface area contributed by atoms with Crippen molar-refractivity contribution in [1.29, 1.82) is 0 Å². The van der Waals surface area contributed by atoms with Crippen molar-refractivity contribution in [2.75, 3.05) is 35.0 Å². The van der Waals surface area contributed by atoms with Gasteiger partial charge in [0.25, 0.3) is 0 Å². The molecule has 0 bridgehead atoms. The minimum Gasteiger partial charge on any atom is -0.384 e. The van der Waals surface area contributed by atoms with Crippen LogP contribution in [0.3, 0.4) is 0 Å². The van der Waals surface area contributed by atoms with E-state index in [9.17, 15) is 4.79 Å². The predicted molar refractivity (Wildman–Crippen MR) is 57.4 cm³/mol. The van der Waals surface area contributed by atoms with E-state index < -0.39 is 6.10 Å². The number of methoxy groups -OCH3 is 4. The second-order valence-electron chi connectivity index (χ2n) is 3.94. The van der Waals surface area contributed by atoms with E-state index in [4.69, 9.17) is 18.9 Å². The highest BCUT2D eigenvalue weighted by atomic mass is 16.6. The van der Waals surface area contributed by atoms with E-state index >= 15 is 0 Å². The Labute approximate surface area is 96.0 Å². The molecule has 0 N–H and O–H groups in total. The molecule has 5 heteroatoms. The first-order valence-electron chi connectivity index (χ1n) is 5.29. The van der Waals surface area contributed by atoms with Crippen LogP contribution < -0.4 is 0 Å². The zero-order chi connectivity index (χ0) is 12.1. The third-order valence-corrected chi connectivity index (χ3v) is 3.05. The Kier molecular flexibility index (Phi) is 5.34. The molecule has 0 aliphatic heterocycles. The molecular weight excluding hydrogens is 212 g/mol. The molecule has 5 nitrogen and oxygen atoms in total. The topological polar surface area (TPSA) is 54.0 Å². The van der Waals surface area contributed by atoms with E-state index in [-0.39, 0.29) is 23.9 Å². The molecule has 0 radical (unpaired) electrons. The van der Waals surface area contributed by atoms with Crippen molar-refractivity contribution >= 4 is 5.78 Å². The highest BCUT2D eigenvalue weighted by molar-refractivity contribution is 5.85. The van der Waals surface area contributed by atoms with Gasteiger partial charge in [-0.1, -0.05) is 0 Å². The van der Waals surface area contributed by atoms with Crippen molar-refractivity contribution in [2.24, 2.45) is 5.92 Å². The minimum atomic E-state index is -0.539.